The lowest BCUT2D eigenvalue weighted by atomic mass is 9.98. The van der Waals surface area contributed by atoms with E-state index in [4.69, 9.17) is 27.9 Å². The minimum Gasteiger partial charge on any atom is -0.494 e. The van der Waals surface area contributed by atoms with Crippen molar-refractivity contribution in [3.63, 3.8) is 0 Å². The maximum Gasteiger partial charge on any atom is 0.417 e. The second-order valence-corrected chi connectivity index (χ2v) is 5.16. The van der Waals surface area contributed by atoms with Gasteiger partial charge >= 0.3 is 6.18 Å². The predicted molar refractivity (Wildman–Crippen MR) is 77.9 cm³/mol. The van der Waals surface area contributed by atoms with Crippen LogP contribution < -0.4 is 4.74 Å². The first kappa shape index (κ1) is 16.6. The minimum atomic E-state index is -4.63. The number of rotatable bonds is 3. The Balaban J connectivity index is 2.55. The number of halogens is 5. The fourth-order valence-corrected chi connectivity index (χ4v) is 2.61. The summed E-state index contributed by atoms with van der Waals surface area (Å²) in [6.45, 7) is 0. The fourth-order valence-electron chi connectivity index (χ4n) is 1.97. The number of benzene rings is 2. The van der Waals surface area contributed by atoms with Crippen molar-refractivity contribution in [1.82, 2.24) is 0 Å². The first-order valence-electron chi connectivity index (χ1n) is 5.99. The van der Waals surface area contributed by atoms with Crippen molar-refractivity contribution < 1.29 is 22.7 Å². The van der Waals surface area contributed by atoms with Crippen LogP contribution in [0.5, 0.6) is 5.75 Å². The molecule has 0 aliphatic carbocycles. The molecule has 2 aromatic rings. The Morgan fingerprint density at radius 3 is 2.14 bits per heavy atom. The van der Waals surface area contributed by atoms with Gasteiger partial charge in [0.25, 0.3) is 0 Å². The smallest absolute Gasteiger partial charge is 0.417 e. The predicted octanol–water partition coefficient (Wildman–Crippen LogP) is 5.25. The van der Waals surface area contributed by atoms with Gasteiger partial charge in [-0.05, 0) is 18.2 Å². The van der Waals surface area contributed by atoms with Crippen LogP contribution in [-0.2, 0) is 6.18 Å². The number of alkyl halides is 3. The monoisotopic (exact) mass is 348 g/mol. The number of ether oxygens (including phenoxy) is 1. The van der Waals surface area contributed by atoms with Crippen molar-refractivity contribution in [3.8, 4) is 5.75 Å². The molecule has 0 unspecified atom stereocenters. The van der Waals surface area contributed by atoms with Gasteiger partial charge in [-0.1, -0.05) is 41.4 Å². The number of carbonyl (C=O) groups is 1. The molecule has 0 N–H and O–H groups in total. The molecule has 2 rings (SSSR count). The second kappa shape index (κ2) is 6.18. The van der Waals surface area contributed by atoms with Gasteiger partial charge in [-0.2, -0.15) is 13.2 Å². The van der Waals surface area contributed by atoms with E-state index in [1.807, 2.05) is 0 Å². The van der Waals surface area contributed by atoms with Crippen molar-refractivity contribution in [2.75, 3.05) is 7.11 Å². The van der Waals surface area contributed by atoms with Gasteiger partial charge in [-0.25, -0.2) is 0 Å². The Morgan fingerprint density at radius 2 is 1.64 bits per heavy atom. The lowest BCUT2D eigenvalue weighted by molar-refractivity contribution is -0.137. The normalized spacial score (nSPS) is 11.4. The maximum atomic E-state index is 13.0. The first-order chi connectivity index (χ1) is 10.3. The lowest BCUT2D eigenvalue weighted by Gasteiger charge is -2.13. The summed E-state index contributed by atoms with van der Waals surface area (Å²) in [7, 11) is 1.34. The van der Waals surface area contributed by atoms with E-state index in [0.717, 1.165) is 12.1 Å². The summed E-state index contributed by atoms with van der Waals surface area (Å²) in [5, 5.41) is 0.0886. The standard InChI is InChI=1S/C15H9Cl2F3O2/c1-22-14-11(16)6-8(7-12(14)17)13(21)9-4-2-3-5-10(9)15(18,19)20/h2-7H,1H3. The zero-order valence-electron chi connectivity index (χ0n) is 11.2. The topological polar surface area (TPSA) is 26.3 Å². The number of carbonyl (C=O) groups excluding carboxylic acids is 1. The minimum absolute atomic E-state index is 0.0443. The van der Waals surface area contributed by atoms with E-state index < -0.39 is 23.1 Å². The number of hydrogen-bond donors (Lipinski definition) is 0. The van der Waals surface area contributed by atoms with Crippen LogP contribution in [0.15, 0.2) is 36.4 Å². The summed E-state index contributed by atoms with van der Waals surface area (Å²) in [5.74, 6) is -0.664. The van der Waals surface area contributed by atoms with E-state index in [-0.39, 0.29) is 21.4 Å². The van der Waals surface area contributed by atoms with E-state index in [2.05, 4.69) is 0 Å². The van der Waals surface area contributed by atoms with Gasteiger partial charge < -0.3 is 4.74 Å². The molecule has 7 heteroatoms. The molecule has 0 spiro atoms. The SMILES string of the molecule is COc1c(Cl)cc(C(=O)c2ccccc2C(F)(F)F)cc1Cl. The van der Waals surface area contributed by atoms with Gasteiger partial charge in [0.05, 0.1) is 22.7 Å². The summed E-state index contributed by atoms with van der Waals surface area (Å²) in [6.07, 6.45) is -4.63. The molecule has 0 aromatic heterocycles. The molecule has 22 heavy (non-hydrogen) atoms. The quantitative estimate of drug-likeness (QED) is 0.708. The molecule has 2 nitrogen and oxygen atoms in total. The summed E-state index contributed by atoms with van der Waals surface area (Å²) in [5.41, 5.74) is -1.53. The number of methoxy groups -OCH3 is 1. The zero-order chi connectivity index (χ0) is 16.5. The number of hydrogen-bond acceptors (Lipinski definition) is 2. The third-order valence-electron chi connectivity index (χ3n) is 2.94. The molecule has 0 radical (unpaired) electrons. The van der Waals surface area contributed by atoms with E-state index in [1.165, 1.54) is 31.4 Å². The van der Waals surface area contributed by atoms with Crippen LogP contribution in [0.4, 0.5) is 13.2 Å². The van der Waals surface area contributed by atoms with E-state index in [9.17, 15) is 18.0 Å². The third kappa shape index (κ3) is 3.20. The van der Waals surface area contributed by atoms with Crippen LogP contribution in [0.2, 0.25) is 10.0 Å². The van der Waals surface area contributed by atoms with Gasteiger partial charge in [0.1, 0.15) is 0 Å². The Bertz CT molecular complexity index is 704. The maximum absolute atomic E-state index is 13.0. The fraction of sp³-hybridized carbons (Fsp3) is 0.133. The Morgan fingerprint density at radius 1 is 1.09 bits per heavy atom. The average Bonchev–Trinajstić information content (AvgIpc) is 2.45. The molecule has 0 aliphatic rings. The van der Waals surface area contributed by atoms with Crippen LogP contribution in [0, 0.1) is 0 Å². The molecule has 2 aromatic carbocycles. The average molecular weight is 349 g/mol. The van der Waals surface area contributed by atoms with E-state index in [1.54, 1.807) is 0 Å². The molecule has 0 saturated heterocycles. The van der Waals surface area contributed by atoms with Crippen LogP contribution in [0.1, 0.15) is 21.5 Å². The molecule has 0 atom stereocenters. The Labute approximate surface area is 134 Å². The Kier molecular flexibility index (Phi) is 4.68. The van der Waals surface area contributed by atoms with Crippen molar-refractivity contribution in [2.24, 2.45) is 0 Å². The van der Waals surface area contributed by atoms with Gasteiger partial charge in [0.15, 0.2) is 11.5 Å². The largest absolute Gasteiger partial charge is 0.494 e. The van der Waals surface area contributed by atoms with Crippen LogP contribution in [0.25, 0.3) is 0 Å². The summed E-state index contributed by atoms with van der Waals surface area (Å²) >= 11 is 11.8. The highest BCUT2D eigenvalue weighted by molar-refractivity contribution is 6.38. The van der Waals surface area contributed by atoms with Crippen molar-refractivity contribution in [2.45, 2.75) is 6.18 Å². The molecular formula is C15H9Cl2F3O2. The lowest BCUT2D eigenvalue weighted by Crippen LogP contribution is -2.13. The highest BCUT2D eigenvalue weighted by Gasteiger charge is 2.35. The van der Waals surface area contributed by atoms with Crippen LogP contribution >= 0.6 is 23.2 Å². The molecule has 0 aliphatic heterocycles. The van der Waals surface area contributed by atoms with Crippen molar-refractivity contribution in [1.29, 1.82) is 0 Å². The van der Waals surface area contributed by atoms with E-state index in [0.29, 0.717) is 0 Å². The summed E-state index contributed by atoms with van der Waals surface area (Å²) in [6, 6.07) is 6.98. The Hall–Kier alpha value is -1.72. The van der Waals surface area contributed by atoms with Gasteiger partial charge in [-0.15, -0.1) is 0 Å². The highest BCUT2D eigenvalue weighted by Crippen LogP contribution is 2.36. The molecule has 0 fully saturated rings. The van der Waals surface area contributed by atoms with Crippen molar-refractivity contribution in [3.05, 3.63) is 63.1 Å². The highest BCUT2D eigenvalue weighted by atomic mass is 35.5. The molecule has 0 amide bonds. The van der Waals surface area contributed by atoms with E-state index >= 15 is 0 Å². The molecule has 0 heterocycles. The molecular weight excluding hydrogens is 340 g/mol. The zero-order valence-corrected chi connectivity index (χ0v) is 12.7. The second-order valence-electron chi connectivity index (χ2n) is 4.35. The molecule has 116 valence electrons. The first-order valence-corrected chi connectivity index (χ1v) is 6.75. The summed E-state index contributed by atoms with van der Waals surface area (Å²) in [4.78, 5) is 12.4. The third-order valence-corrected chi connectivity index (χ3v) is 3.50. The molecule has 0 bridgehead atoms. The molecule has 0 saturated carbocycles. The number of ketones is 1. The van der Waals surface area contributed by atoms with Crippen LogP contribution in [-0.4, -0.2) is 12.9 Å². The summed E-state index contributed by atoms with van der Waals surface area (Å²) < 4.78 is 43.9. The van der Waals surface area contributed by atoms with Crippen LogP contribution in [0.3, 0.4) is 0 Å². The van der Waals surface area contributed by atoms with Gasteiger partial charge in [-0.3, -0.25) is 4.79 Å². The van der Waals surface area contributed by atoms with Gasteiger partial charge in [0.2, 0.25) is 0 Å². The van der Waals surface area contributed by atoms with Gasteiger partial charge in [0, 0.05) is 11.1 Å². The van der Waals surface area contributed by atoms with Crippen molar-refractivity contribution >= 4 is 29.0 Å².